The molecule has 0 aliphatic heterocycles. The zero-order valence-electron chi connectivity index (χ0n) is 35.3. The molecular formula is C43H81N7O6. The molecule has 0 heterocycles. The summed E-state index contributed by atoms with van der Waals surface area (Å²) in [4.78, 5) is 51.9. The maximum atomic E-state index is 13.4. The monoisotopic (exact) mass is 792 g/mol. The van der Waals surface area contributed by atoms with E-state index in [0.717, 1.165) is 77.0 Å². The third kappa shape index (κ3) is 33.9. The number of unbranched alkanes of at least 4 members (excludes halogenated alkanes) is 16. The van der Waals surface area contributed by atoms with Crippen molar-refractivity contribution in [2.45, 2.75) is 180 Å². The fourth-order valence-corrected chi connectivity index (χ4v) is 6.05. The van der Waals surface area contributed by atoms with E-state index in [4.69, 9.17) is 32.1 Å². The summed E-state index contributed by atoms with van der Waals surface area (Å²) in [5.74, 6) is -1.05. The Kier molecular flexibility index (Phi) is 36.1. The largest absolute Gasteiger partial charge is 0.461 e. The maximum Gasteiger partial charge on any atom is 0.306 e. The molecule has 0 saturated heterocycles. The van der Waals surface area contributed by atoms with Crippen LogP contribution in [0.25, 0.3) is 0 Å². The molecule has 0 aromatic carbocycles. The van der Waals surface area contributed by atoms with Crippen LogP contribution in [-0.4, -0.2) is 86.1 Å². The van der Waals surface area contributed by atoms with E-state index < -0.39 is 12.1 Å². The highest BCUT2D eigenvalue weighted by Gasteiger charge is 2.22. The van der Waals surface area contributed by atoms with Crippen molar-refractivity contribution in [3.8, 4) is 0 Å². The Hall–Kier alpha value is -3.45. The highest BCUT2D eigenvalue weighted by Crippen LogP contribution is 2.12. The minimum Gasteiger partial charge on any atom is -0.461 e. The van der Waals surface area contributed by atoms with Crippen LogP contribution in [0.2, 0.25) is 0 Å². The number of rotatable bonds is 38. The summed E-state index contributed by atoms with van der Waals surface area (Å²) in [5.41, 5.74) is 17.6. The van der Waals surface area contributed by atoms with Crippen molar-refractivity contribution < 1.29 is 28.7 Å². The van der Waals surface area contributed by atoms with Gasteiger partial charge in [-0.05, 0) is 64.2 Å². The summed E-state index contributed by atoms with van der Waals surface area (Å²) >= 11 is 0. The average Bonchev–Trinajstić information content (AvgIpc) is 3.18. The molecular weight excluding hydrogens is 711 g/mol. The molecule has 9 N–H and O–H groups in total. The topological polar surface area (TPSA) is 216 Å². The summed E-state index contributed by atoms with van der Waals surface area (Å²) in [5, 5.41) is 12.6. The lowest BCUT2D eigenvalue weighted by molar-refractivity contribution is -0.143. The first-order valence-corrected chi connectivity index (χ1v) is 21.9. The molecule has 0 aromatic rings. The summed E-state index contributed by atoms with van der Waals surface area (Å²) < 4.78 is 10.6. The van der Waals surface area contributed by atoms with Gasteiger partial charge in [-0.2, -0.15) is 0 Å². The van der Waals surface area contributed by atoms with Crippen LogP contribution in [-0.2, 0) is 28.7 Å². The number of ether oxygens (including phenoxy) is 2. The number of guanidine groups is 1. The number of hydrogen-bond donors (Lipinski definition) is 6. The van der Waals surface area contributed by atoms with Gasteiger partial charge in [0.15, 0.2) is 5.96 Å². The molecule has 0 aromatic heterocycles. The van der Waals surface area contributed by atoms with E-state index in [1.807, 2.05) is 12.2 Å². The molecule has 13 heteroatoms. The molecule has 0 aliphatic rings. The Bertz CT molecular complexity index is 1030. The van der Waals surface area contributed by atoms with Crippen LogP contribution in [0.15, 0.2) is 24.3 Å². The molecule has 0 fully saturated rings. The lowest BCUT2D eigenvalue weighted by Gasteiger charge is -2.26. The van der Waals surface area contributed by atoms with Gasteiger partial charge in [0.25, 0.3) is 0 Å². The number of nitrogens with zero attached hydrogens (tertiary/aromatic N) is 1. The van der Waals surface area contributed by atoms with E-state index in [9.17, 15) is 19.2 Å². The first kappa shape index (κ1) is 52.6. The van der Waals surface area contributed by atoms with Crippen LogP contribution in [0, 0.1) is 5.41 Å². The van der Waals surface area contributed by atoms with Gasteiger partial charge in [-0.25, -0.2) is 0 Å². The predicted molar refractivity (Wildman–Crippen MR) is 228 cm³/mol. The van der Waals surface area contributed by atoms with Crippen LogP contribution >= 0.6 is 0 Å². The highest BCUT2D eigenvalue weighted by atomic mass is 16.5. The predicted octanol–water partition coefficient (Wildman–Crippen LogP) is 6.67. The number of nitrogens with one attached hydrogen (secondary N) is 3. The molecule has 0 aliphatic carbocycles. The molecule has 324 valence electrons. The zero-order chi connectivity index (χ0) is 41.5. The molecule has 2 unspecified atom stereocenters. The number of amides is 2. The van der Waals surface area contributed by atoms with Gasteiger partial charge in [0.1, 0.15) is 19.3 Å². The van der Waals surface area contributed by atoms with Crippen LogP contribution in [0.1, 0.15) is 168 Å². The van der Waals surface area contributed by atoms with E-state index in [-0.39, 0.29) is 36.3 Å². The quantitative estimate of drug-likeness (QED) is 0.0128. The van der Waals surface area contributed by atoms with Crippen molar-refractivity contribution in [2.75, 3.05) is 39.4 Å². The van der Waals surface area contributed by atoms with Gasteiger partial charge >= 0.3 is 11.9 Å². The average molecular weight is 792 g/mol. The van der Waals surface area contributed by atoms with E-state index >= 15 is 0 Å². The second-order valence-electron chi connectivity index (χ2n) is 14.8. The third-order valence-electron chi connectivity index (χ3n) is 9.55. The van der Waals surface area contributed by atoms with Crippen molar-refractivity contribution in [3.05, 3.63) is 24.3 Å². The van der Waals surface area contributed by atoms with Gasteiger partial charge < -0.3 is 42.2 Å². The molecule has 0 radical (unpaired) electrons. The van der Waals surface area contributed by atoms with Crippen molar-refractivity contribution in [1.29, 1.82) is 5.41 Å². The smallest absolute Gasteiger partial charge is 0.306 e. The molecule has 0 rings (SSSR count). The molecule has 0 spiro atoms. The Morgan fingerprint density at radius 3 is 1.55 bits per heavy atom. The lowest BCUT2D eigenvalue weighted by atomic mass is 10.1. The minimum atomic E-state index is -0.894. The fraction of sp³-hybridized carbons (Fsp3) is 0.791. The number of esters is 2. The van der Waals surface area contributed by atoms with Gasteiger partial charge in [-0.1, -0.05) is 115 Å². The van der Waals surface area contributed by atoms with E-state index in [2.05, 4.69) is 36.6 Å². The third-order valence-corrected chi connectivity index (χ3v) is 9.55. The van der Waals surface area contributed by atoms with Crippen LogP contribution in [0.3, 0.4) is 0 Å². The van der Waals surface area contributed by atoms with Crippen LogP contribution in [0.5, 0.6) is 0 Å². The Morgan fingerprint density at radius 2 is 1.07 bits per heavy atom. The maximum absolute atomic E-state index is 13.4. The number of hydrogen-bond acceptors (Lipinski definition) is 9. The summed E-state index contributed by atoms with van der Waals surface area (Å²) in [7, 11) is 0. The molecule has 56 heavy (non-hydrogen) atoms. The number of nitrogens with two attached hydrogens (primary N) is 3. The van der Waals surface area contributed by atoms with Gasteiger partial charge in [-0.15, -0.1) is 0 Å². The lowest BCUT2D eigenvalue weighted by Crippen LogP contribution is -2.52. The fourth-order valence-electron chi connectivity index (χ4n) is 6.05. The van der Waals surface area contributed by atoms with E-state index in [1.54, 1.807) is 4.90 Å². The molecule has 0 saturated carbocycles. The normalized spacial score (nSPS) is 12.4. The Labute approximate surface area is 339 Å². The highest BCUT2D eigenvalue weighted by molar-refractivity contribution is 5.85. The van der Waals surface area contributed by atoms with Crippen LogP contribution < -0.4 is 27.8 Å². The molecule has 13 nitrogen and oxygen atoms in total. The first-order valence-electron chi connectivity index (χ1n) is 21.9. The Morgan fingerprint density at radius 1 is 0.607 bits per heavy atom. The Balaban J connectivity index is 4.60. The van der Waals surface area contributed by atoms with Crippen molar-refractivity contribution in [2.24, 2.45) is 17.2 Å². The van der Waals surface area contributed by atoms with Gasteiger partial charge in [0.05, 0.1) is 6.04 Å². The van der Waals surface area contributed by atoms with Gasteiger partial charge in [-0.3, -0.25) is 24.6 Å². The summed E-state index contributed by atoms with van der Waals surface area (Å²) in [6.45, 7) is 6.62. The van der Waals surface area contributed by atoms with E-state index in [1.165, 1.54) is 51.4 Å². The standard InChI is InChI=1S/C43H81N7O6/c1-3-5-7-9-11-19-25-34-55-39(51)29-21-15-13-17-23-32-50(42(54)38(45)36-49-41(53)37(44)28-27-31-48-43(46)47)33-24-18-14-16-22-30-40(52)56-35-26-20-12-10-8-6-4-2/h19-20,25-26,37-38H,3-18,21-24,27-36,44-45H2,1-2H3,(H,49,53)(H4,46,47,48)/b25-19-,26-20-. The minimum absolute atomic E-state index is 0.0107. The summed E-state index contributed by atoms with van der Waals surface area (Å²) in [6, 6.07) is -1.65. The first-order chi connectivity index (χ1) is 27.1. The van der Waals surface area contributed by atoms with Crippen molar-refractivity contribution in [3.63, 3.8) is 0 Å². The van der Waals surface area contributed by atoms with Crippen LogP contribution in [0.4, 0.5) is 0 Å². The number of carbonyl (C=O) groups excluding carboxylic acids is 4. The summed E-state index contributed by atoms with van der Waals surface area (Å²) in [6.07, 6.45) is 30.4. The molecule has 2 atom stereocenters. The number of allylic oxidation sites excluding steroid dienone is 2. The molecule has 0 bridgehead atoms. The second kappa shape index (κ2) is 38.4. The second-order valence-corrected chi connectivity index (χ2v) is 14.8. The SMILES string of the molecule is CCCCCC/C=C\COC(=O)CCCCCCCN(CCCCCCCC(=O)OC/C=C\CCCCCC)C(=O)C(N)CNC(=O)C(N)CCCNC(=N)N. The van der Waals surface area contributed by atoms with E-state index in [0.29, 0.717) is 58.5 Å². The van der Waals surface area contributed by atoms with Crippen molar-refractivity contribution in [1.82, 2.24) is 15.5 Å². The molecule has 2 amide bonds. The van der Waals surface area contributed by atoms with Crippen molar-refractivity contribution >= 4 is 29.7 Å². The number of carbonyl (C=O) groups is 4. The van der Waals surface area contributed by atoms with Gasteiger partial charge in [0, 0.05) is 39.0 Å². The zero-order valence-corrected chi connectivity index (χ0v) is 35.3. The van der Waals surface area contributed by atoms with Gasteiger partial charge in [0.2, 0.25) is 11.8 Å².